The number of rotatable bonds is 4. The average molecular weight is 286 g/mol. The summed E-state index contributed by atoms with van der Waals surface area (Å²) in [5, 5.41) is 3.55. The van der Waals surface area contributed by atoms with Crippen molar-refractivity contribution in [2.45, 2.75) is 38.6 Å². The van der Waals surface area contributed by atoms with Gasteiger partial charge in [-0.1, -0.05) is 25.5 Å². The molecule has 1 aliphatic carbocycles. The van der Waals surface area contributed by atoms with Gasteiger partial charge in [0.15, 0.2) is 0 Å². The third kappa shape index (κ3) is 2.48. The quantitative estimate of drug-likeness (QED) is 0.864. The van der Waals surface area contributed by atoms with Crippen molar-refractivity contribution >= 4 is 11.8 Å². The fourth-order valence-corrected chi connectivity index (χ4v) is 3.27. The third-order valence-corrected chi connectivity index (χ3v) is 4.79. The van der Waals surface area contributed by atoms with Gasteiger partial charge in [0.05, 0.1) is 6.42 Å². The van der Waals surface area contributed by atoms with Crippen molar-refractivity contribution in [3.63, 3.8) is 0 Å². The van der Waals surface area contributed by atoms with Crippen LogP contribution in [0.2, 0.25) is 0 Å². The van der Waals surface area contributed by atoms with Crippen molar-refractivity contribution in [2.75, 3.05) is 13.6 Å². The summed E-state index contributed by atoms with van der Waals surface area (Å²) in [4.78, 5) is 25.3. The summed E-state index contributed by atoms with van der Waals surface area (Å²) in [5.41, 5.74) is 2.73. The van der Waals surface area contributed by atoms with Crippen LogP contribution in [0.25, 0.3) is 0 Å². The van der Waals surface area contributed by atoms with Crippen LogP contribution < -0.4 is 5.32 Å². The molecule has 1 unspecified atom stereocenters. The molecule has 3 rings (SSSR count). The van der Waals surface area contributed by atoms with Gasteiger partial charge < -0.3 is 5.32 Å². The van der Waals surface area contributed by atoms with E-state index in [0.717, 1.165) is 12.1 Å². The molecular formula is C17H22N2O2. The lowest BCUT2D eigenvalue weighted by Gasteiger charge is -2.35. The highest BCUT2D eigenvalue weighted by Gasteiger charge is 2.31. The van der Waals surface area contributed by atoms with Crippen LogP contribution in [-0.2, 0) is 11.2 Å². The Labute approximate surface area is 125 Å². The summed E-state index contributed by atoms with van der Waals surface area (Å²) in [6.07, 6.45) is 4.13. The summed E-state index contributed by atoms with van der Waals surface area (Å²) >= 11 is 0. The van der Waals surface area contributed by atoms with Crippen LogP contribution in [0.5, 0.6) is 0 Å². The van der Waals surface area contributed by atoms with Gasteiger partial charge in [0, 0.05) is 18.7 Å². The Bertz CT molecular complexity index is 578. The van der Waals surface area contributed by atoms with E-state index >= 15 is 0 Å². The van der Waals surface area contributed by atoms with Gasteiger partial charge in [0.2, 0.25) is 5.91 Å². The maximum Gasteiger partial charge on any atom is 0.260 e. The average Bonchev–Trinajstić information content (AvgIpc) is 2.42. The molecule has 21 heavy (non-hydrogen) atoms. The number of hydrogen-bond acceptors (Lipinski definition) is 3. The molecule has 1 fully saturated rings. The molecule has 1 aliphatic heterocycles. The Balaban J connectivity index is 1.94. The number of nitrogens with zero attached hydrogens (tertiary/aromatic N) is 1. The minimum absolute atomic E-state index is 0.123. The first kappa shape index (κ1) is 14.3. The summed E-state index contributed by atoms with van der Waals surface area (Å²) in [6, 6.07) is 6.35. The minimum atomic E-state index is -0.174. The minimum Gasteiger partial charge on any atom is -0.310 e. The molecule has 1 aromatic carbocycles. The van der Waals surface area contributed by atoms with E-state index in [1.807, 2.05) is 12.1 Å². The van der Waals surface area contributed by atoms with Gasteiger partial charge in [0.25, 0.3) is 5.91 Å². The predicted octanol–water partition coefficient (Wildman–Crippen LogP) is 2.29. The molecule has 112 valence electrons. The van der Waals surface area contributed by atoms with Crippen LogP contribution >= 0.6 is 0 Å². The van der Waals surface area contributed by atoms with E-state index < -0.39 is 0 Å². The first-order valence-corrected chi connectivity index (χ1v) is 7.79. The number of amides is 2. The molecule has 4 heteroatoms. The molecule has 2 aliphatic rings. The number of likely N-dealkylation sites (N-methyl/N-ethyl adjacent to an activating group) is 1. The topological polar surface area (TPSA) is 49.4 Å². The lowest BCUT2D eigenvalue weighted by molar-refractivity contribution is -0.127. The summed E-state index contributed by atoms with van der Waals surface area (Å²) in [6.45, 7) is 3.03. The third-order valence-electron chi connectivity index (χ3n) is 4.79. The van der Waals surface area contributed by atoms with Crippen LogP contribution in [0.15, 0.2) is 18.2 Å². The maximum absolute atomic E-state index is 12.3. The summed E-state index contributed by atoms with van der Waals surface area (Å²) < 4.78 is 0. The van der Waals surface area contributed by atoms with Crippen molar-refractivity contribution < 1.29 is 9.59 Å². The van der Waals surface area contributed by atoms with Gasteiger partial charge in [-0.05, 0) is 42.5 Å². The fraction of sp³-hybridized carbons (Fsp3) is 0.529. The number of imide groups is 1. The van der Waals surface area contributed by atoms with Gasteiger partial charge in [-0.25, -0.2) is 0 Å². The van der Waals surface area contributed by atoms with Crippen molar-refractivity contribution in [3.05, 3.63) is 34.9 Å². The summed E-state index contributed by atoms with van der Waals surface area (Å²) in [5.74, 6) is 0.371. The van der Waals surface area contributed by atoms with Gasteiger partial charge in [0.1, 0.15) is 0 Å². The first-order valence-electron chi connectivity index (χ1n) is 7.79. The van der Waals surface area contributed by atoms with Gasteiger partial charge >= 0.3 is 0 Å². The van der Waals surface area contributed by atoms with Gasteiger partial charge in [-0.2, -0.15) is 0 Å². The number of benzene rings is 1. The zero-order chi connectivity index (χ0) is 15.0. The molecule has 0 spiro atoms. The van der Waals surface area contributed by atoms with Crippen molar-refractivity contribution in [1.82, 2.24) is 10.2 Å². The molecule has 1 heterocycles. The molecule has 1 saturated carbocycles. The lowest BCUT2D eigenvalue weighted by Crippen LogP contribution is -2.39. The molecule has 4 nitrogen and oxygen atoms in total. The number of fused-ring (bicyclic) bond motifs is 1. The Hall–Kier alpha value is -1.68. The number of carbonyl (C=O) groups excluding carboxylic acids is 2. The highest BCUT2D eigenvalue weighted by molar-refractivity contribution is 6.09. The zero-order valence-electron chi connectivity index (χ0n) is 12.7. The Morgan fingerprint density at radius 2 is 2.10 bits per heavy atom. The number of nitrogens with one attached hydrogen (secondary N) is 1. The van der Waals surface area contributed by atoms with Crippen molar-refractivity contribution in [1.29, 1.82) is 0 Å². The van der Waals surface area contributed by atoms with Crippen LogP contribution in [-0.4, -0.2) is 30.3 Å². The van der Waals surface area contributed by atoms with Crippen molar-refractivity contribution in [2.24, 2.45) is 5.92 Å². The van der Waals surface area contributed by atoms with E-state index in [1.54, 1.807) is 7.05 Å². The van der Waals surface area contributed by atoms with Crippen LogP contribution in [0.4, 0.5) is 0 Å². The van der Waals surface area contributed by atoms with E-state index in [-0.39, 0.29) is 11.8 Å². The van der Waals surface area contributed by atoms with Crippen LogP contribution in [0.1, 0.15) is 53.7 Å². The second-order valence-electron chi connectivity index (χ2n) is 6.08. The molecule has 1 atom stereocenters. The molecule has 1 aromatic rings. The highest BCUT2D eigenvalue weighted by Crippen LogP contribution is 2.38. The van der Waals surface area contributed by atoms with Gasteiger partial charge in [-0.15, -0.1) is 0 Å². The van der Waals surface area contributed by atoms with E-state index in [0.29, 0.717) is 23.9 Å². The van der Waals surface area contributed by atoms with E-state index in [4.69, 9.17) is 0 Å². The van der Waals surface area contributed by atoms with Crippen LogP contribution in [0, 0.1) is 5.92 Å². The van der Waals surface area contributed by atoms with Gasteiger partial charge in [-0.3, -0.25) is 14.5 Å². The van der Waals surface area contributed by atoms with Crippen LogP contribution in [0.3, 0.4) is 0 Å². The molecule has 0 saturated heterocycles. The van der Waals surface area contributed by atoms with E-state index in [9.17, 15) is 9.59 Å². The molecule has 1 N–H and O–H groups in total. The molecule has 0 bridgehead atoms. The van der Waals surface area contributed by atoms with E-state index in [2.05, 4.69) is 18.3 Å². The standard InChI is InChI=1S/C17H22N2O2/c1-3-18-16(11-5-4-6-11)13-8-7-12-10-15(20)19(2)17(21)14(12)9-13/h7-9,11,16,18H,3-6,10H2,1-2H3. The first-order chi connectivity index (χ1) is 10.1. The Morgan fingerprint density at radius 1 is 1.33 bits per heavy atom. The molecule has 0 radical (unpaired) electrons. The molecule has 2 amide bonds. The Morgan fingerprint density at radius 3 is 2.71 bits per heavy atom. The maximum atomic E-state index is 12.3. The fourth-order valence-electron chi connectivity index (χ4n) is 3.27. The second-order valence-corrected chi connectivity index (χ2v) is 6.08. The largest absolute Gasteiger partial charge is 0.310 e. The predicted molar refractivity (Wildman–Crippen MR) is 81.0 cm³/mol. The lowest BCUT2D eigenvalue weighted by atomic mass is 9.76. The normalized spacial score (nSPS) is 20.2. The van der Waals surface area contributed by atoms with E-state index in [1.165, 1.54) is 29.7 Å². The van der Waals surface area contributed by atoms with Crippen molar-refractivity contribution in [3.8, 4) is 0 Å². The second kappa shape index (κ2) is 5.60. The highest BCUT2D eigenvalue weighted by atomic mass is 16.2. The number of carbonyl (C=O) groups is 2. The molecular weight excluding hydrogens is 264 g/mol. The number of hydrogen-bond donors (Lipinski definition) is 1. The smallest absolute Gasteiger partial charge is 0.260 e. The molecule has 0 aromatic heterocycles. The Kier molecular flexibility index (Phi) is 3.81. The zero-order valence-corrected chi connectivity index (χ0v) is 12.7. The monoisotopic (exact) mass is 286 g/mol. The SMILES string of the molecule is CCNC(c1ccc2c(c1)C(=O)N(C)C(=O)C2)C1CCC1. The summed E-state index contributed by atoms with van der Waals surface area (Å²) in [7, 11) is 1.56.